The minimum Gasteiger partial charge on any atom is -0.435 e. The first-order valence-electron chi connectivity index (χ1n) is 13.4. The predicted octanol–water partition coefficient (Wildman–Crippen LogP) is 6.48. The Kier molecular flexibility index (Phi) is 8.70. The number of carboxylic acid groups (broad SMARTS) is 1. The number of sulfonamides is 1. The van der Waals surface area contributed by atoms with Crippen LogP contribution in [-0.2, 0) is 16.6 Å². The number of amides is 3. The molecule has 1 aliphatic heterocycles. The molecule has 0 radical (unpaired) electrons. The largest absolute Gasteiger partial charge is 0.525 e. The molecule has 4 rings (SSSR count). The number of fused-ring (bicyclic) bond motifs is 1. The van der Waals surface area contributed by atoms with Gasteiger partial charge in [-0.05, 0) is 37.0 Å². The van der Waals surface area contributed by atoms with E-state index in [-0.39, 0.29) is 11.4 Å². The summed E-state index contributed by atoms with van der Waals surface area (Å²) in [6, 6.07) is 18.5. The van der Waals surface area contributed by atoms with Crippen LogP contribution < -0.4 is 14.5 Å². The summed E-state index contributed by atoms with van der Waals surface area (Å²) in [5.41, 5.74) is 4.10. The summed E-state index contributed by atoms with van der Waals surface area (Å²) in [7, 11) is -4.13. The Hall–Kier alpha value is -4.02. The molecule has 0 fully saturated rings. The summed E-state index contributed by atoms with van der Waals surface area (Å²) < 4.78 is 27.7. The molecule has 0 bridgehead atoms. The normalized spacial score (nSPS) is 16.2. The van der Waals surface area contributed by atoms with Gasteiger partial charge in [0.15, 0.2) is 5.69 Å². The molecule has 1 unspecified atom stereocenters. The van der Waals surface area contributed by atoms with Crippen LogP contribution in [0.4, 0.5) is 21.0 Å². The SMILES string of the molecule is CCCCC1=Nc2c(C)cccc2[N+]1(Cc1ccc(-c2ccccc2S(=O)(=O)NC(=O)NCCC)cc1)C(=O)O. The highest BCUT2D eigenvalue weighted by Gasteiger charge is 2.51. The van der Waals surface area contributed by atoms with Crippen LogP contribution in [0.5, 0.6) is 0 Å². The summed E-state index contributed by atoms with van der Waals surface area (Å²) in [5.74, 6) is 0.603. The zero-order valence-corrected chi connectivity index (χ0v) is 23.8. The third-order valence-electron chi connectivity index (χ3n) is 7.01. The van der Waals surface area contributed by atoms with E-state index in [2.05, 4.69) is 17.0 Å². The van der Waals surface area contributed by atoms with Gasteiger partial charge >= 0.3 is 12.1 Å². The van der Waals surface area contributed by atoms with Gasteiger partial charge in [-0.1, -0.05) is 74.9 Å². The molecule has 3 amide bonds. The van der Waals surface area contributed by atoms with Crippen molar-refractivity contribution >= 4 is 39.4 Å². The van der Waals surface area contributed by atoms with E-state index in [1.54, 1.807) is 30.3 Å². The third-order valence-corrected chi connectivity index (χ3v) is 8.40. The monoisotopic (exact) mass is 563 g/mol. The van der Waals surface area contributed by atoms with Crippen molar-refractivity contribution in [2.24, 2.45) is 4.99 Å². The maximum Gasteiger partial charge on any atom is 0.525 e. The number of para-hydroxylation sites is 1. The molecular weight excluding hydrogens is 528 g/mol. The van der Waals surface area contributed by atoms with Crippen LogP contribution >= 0.6 is 0 Å². The van der Waals surface area contributed by atoms with Crippen LogP contribution in [0.15, 0.2) is 76.6 Å². The predicted molar refractivity (Wildman–Crippen MR) is 157 cm³/mol. The van der Waals surface area contributed by atoms with Crippen LogP contribution in [-0.4, -0.2) is 38.0 Å². The second-order valence-corrected chi connectivity index (χ2v) is 11.5. The van der Waals surface area contributed by atoms with Crippen LogP contribution in [0, 0.1) is 6.92 Å². The molecular formula is C30H35N4O5S+. The van der Waals surface area contributed by atoms with E-state index < -0.39 is 26.6 Å². The topological polar surface area (TPSA) is 125 Å². The number of aryl methyl sites for hydroxylation is 1. The van der Waals surface area contributed by atoms with Gasteiger partial charge in [0.25, 0.3) is 10.0 Å². The van der Waals surface area contributed by atoms with Gasteiger partial charge < -0.3 is 10.4 Å². The summed E-state index contributed by atoms with van der Waals surface area (Å²) in [6.07, 6.45) is 2.00. The Morgan fingerprint density at radius 3 is 2.35 bits per heavy atom. The number of carbonyl (C=O) groups is 2. The number of nitrogens with zero attached hydrogens (tertiary/aromatic N) is 2. The number of hydrogen-bond donors (Lipinski definition) is 3. The lowest BCUT2D eigenvalue weighted by Crippen LogP contribution is -2.55. The minimum atomic E-state index is -4.13. The number of urea groups is 1. The van der Waals surface area contributed by atoms with Crippen LogP contribution in [0.25, 0.3) is 11.1 Å². The van der Waals surface area contributed by atoms with Crippen molar-refractivity contribution in [2.45, 2.75) is 57.9 Å². The van der Waals surface area contributed by atoms with Gasteiger partial charge in [0.1, 0.15) is 12.2 Å². The van der Waals surface area contributed by atoms with Gasteiger partial charge in [0.2, 0.25) is 5.84 Å². The number of unbranched alkanes of at least 4 members (excludes halogenated alkanes) is 1. The molecule has 1 atom stereocenters. The lowest BCUT2D eigenvalue weighted by atomic mass is 10.0. The first-order chi connectivity index (χ1) is 19.1. The smallest absolute Gasteiger partial charge is 0.435 e. The molecule has 0 saturated heterocycles. The quantitative estimate of drug-likeness (QED) is 0.244. The van der Waals surface area contributed by atoms with Crippen molar-refractivity contribution in [1.82, 2.24) is 14.5 Å². The Bertz CT molecular complexity index is 1550. The number of benzene rings is 3. The Morgan fingerprint density at radius 2 is 1.68 bits per heavy atom. The number of hydrogen-bond acceptors (Lipinski definition) is 5. The molecule has 3 aromatic rings. The number of aliphatic imine (C=N–C) groups is 1. The van der Waals surface area contributed by atoms with E-state index in [1.807, 2.05) is 44.2 Å². The number of quaternary nitrogens is 1. The molecule has 3 aromatic carbocycles. The Morgan fingerprint density at radius 1 is 0.950 bits per heavy atom. The Balaban J connectivity index is 1.68. The second-order valence-electron chi connectivity index (χ2n) is 9.88. The molecule has 1 heterocycles. The number of rotatable bonds is 10. The molecule has 3 N–H and O–H groups in total. The van der Waals surface area contributed by atoms with Crippen molar-refractivity contribution in [3.8, 4) is 11.1 Å². The fraction of sp³-hybridized carbons (Fsp3) is 0.300. The van der Waals surface area contributed by atoms with E-state index in [9.17, 15) is 23.1 Å². The molecule has 40 heavy (non-hydrogen) atoms. The second kappa shape index (κ2) is 12.0. The van der Waals surface area contributed by atoms with Gasteiger partial charge in [0.05, 0.1) is 4.90 Å². The van der Waals surface area contributed by atoms with Gasteiger partial charge in [-0.2, -0.15) is 9.79 Å². The molecule has 1 aliphatic rings. The lowest BCUT2D eigenvalue weighted by molar-refractivity contribution is 0.168. The van der Waals surface area contributed by atoms with Crippen molar-refractivity contribution in [3.05, 3.63) is 77.9 Å². The fourth-order valence-electron chi connectivity index (χ4n) is 4.94. The van der Waals surface area contributed by atoms with E-state index in [1.165, 1.54) is 6.07 Å². The number of carbonyl (C=O) groups excluding carboxylic acids is 1. The van der Waals surface area contributed by atoms with Crippen LogP contribution in [0.3, 0.4) is 0 Å². The highest BCUT2D eigenvalue weighted by atomic mass is 32.2. The summed E-state index contributed by atoms with van der Waals surface area (Å²) in [4.78, 5) is 29.8. The maximum absolute atomic E-state index is 13.0. The van der Waals surface area contributed by atoms with E-state index >= 15 is 0 Å². The van der Waals surface area contributed by atoms with Gasteiger partial charge in [-0.15, -0.1) is 4.48 Å². The van der Waals surface area contributed by atoms with Crippen LogP contribution in [0.1, 0.15) is 50.7 Å². The molecule has 9 nitrogen and oxygen atoms in total. The van der Waals surface area contributed by atoms with Crippen molar-refractivity contribution in [2.75, 3.05) is 6.54 Å². The third kappa shape index (κ3) is 5.64. The van der Waals surface area contributed by atoms with E-state index in [0.717, 1.165) is 24.0 Å². The lowest BCUT2D eigenvalue weighted by Gasteiger charge is -2.29. The van der Waals surface area contributed by atoms with Gasteiger partial charge in [-0.3, -0.25) is 0 Å². The summed E-state index contributed by atoms with van der Waals surface area (Å²) >= 11 is 0. The van der Waals surface area contributed by atoms with E-state index in [0.29, 0.717) is 47.7 Å². The number of nitrogens with one attached hydrogen (secondary N) is 2. The highest BCUT2D eigenvalue weighted by molar-refractivity contribution is 7.90. The molecule has 0 aliphatic carbocycles. The van der Waals surface area contributed by atoms with E-state index in [4.69, 9.17) is 4.99 Å². The highest BCUT2D eigenvalue weighted by Crippen LogP contribution is 2.45. The average molecular weight is 564 g/mol. The molecule has 0 aromatic heterocycles. The first kappa shape index (κ1) is 29.0. The maximum atomic E-state index is 13.0. The van der Waals surface area contributed by atoms with Crippen molar-refractivity contribution in [1.29, 1.82) is 0 Å². The standard InChI is InChI=1S/C30H34N4O5S/c1-4-6-14-27-32-28-21(3)10-9-12-25(28)34(27,30(36)37)20-22-15-17-23(18-16-22)24-11-7-8-13-26(24)40(38,39)33-29(35)31-19-5-2/h7-13,15-18H,4-6,14,19-20H2,1-3H3,(H2-,31,33,35,36,37)/p+1. The molecule has 0 spiro atoms. The zero-order valence-electron chi connectivity index (χ0n) is 23.0. The zero-order chi connectivity index (χ0) is 28.9. The summed E-state index contributed by atoms with van der Waals surface area (Å²) in [5, 5.41) is 13.1. The minimum absolute atomic E-state index is 0.0265. The van der Waals surface area contributed by atoms with Gasteiger partial charge in [-0.25, -0.2) is 17.9 Å². The van der Waals surface area contributed by atoms with Crippen molar-refractivity contribution in [3.63, 3.8) is 0 Å². The van der Waals surface area contributed by atoms with Crippen molar-refractivity contribution < 1.29 is 23.1 Å². The molecule has 0 saturated carbocycles. The van der Waals surface area contributed by atoms with Gasteiger partial charge in [0, 0.05) is 30.2 Å². The Labute approximate surface area is 235 Å². The summed E-state index contributed by atoms with van der Waals surface area (Å²) in [6.45, 7) is 6.39. The number of amidine groups is 1. The molecule has 210 valence electrons. The van der Waals surface area contributed by atoms with Crippen LogP contribution in [0.2, 0.25) is 0 Å². The first-order valence-corrected chi connectivity index (χ1v) is 14.9. The molecule has 10 heteroatoms. The fourth-order valence-corrected chi connectivity index (χ4v) is 6.10. The average Bonchev–Trinajstić information content (AvgIpc) is 3.26.